The van der Waals surface area contributed by atoms with Crippen LogP contribution in [0.1, 0.15) is 29.6 Å². The minimum atomic E-state index is -0.877. The summed E-state index contributed by atoms with van der Waals surface area (Å²) in [5.41, 5.74) is 1.31. The van der Waals surface area contributed by atoms with E-state index < -0.39 is 11.6 Å². The van der Waals surface area contributed by atoms with Gasteiger partial charge in [-0.3, -0.25) is 4.79 Å². The highest BCUT2D eigenvalue weighted by atomic mass is 19.2. The summed E-state index contributed by atoms with van der Waals surface area (Å²) in [6, 6.07) is 10.8. The molecule has 0 aromatic heterocycles. The van der Waals surface area contributed by atoms with E-state index in [1.165, 1.54) is 12.1 Å². The molecule has 3 rings (SSSR count). The van der Waals surface area contributed by atoms with Crippen molar-refractivity contribution >= 4 is 5.91 Å². The van der Waals surface area contributed by atoms with Gasteiger partial charge in [0.2, 0.25) is 0 Å². The third-order valence-corrected chi connectivity index (χ3v) is 4.93. The fraction of sp³-hybridized carbons (Fsp3) is 0.381. The largest absolute Gasteiger partial charge is 0.385 e. The monoisotopic (exact) mass is 359 g/mol. The fourth-order valence-electron chi connectivity index (χ4n) is 3.47. The first-order valence-corrected chi connectivity index (χ1v) is 8.93. The highest BCUT2D eigenvalue weighted by Crippen LogP contribution is 2.26. The molecular formula is C21H23F2NO2. The molecule has 1 atom stereocenters. The van der Waals surface area contributed by atoms with Crippen LogP contribution in [0.15, 0.2) is 42.5 Å². The van der Waals surface area contributed by atoms with E-state index >= 15 is 0 Å². The molecule has 138 valence electrons. The van der Waals surface area contributed by atoms with Crippen LogP contribution in [0.4, 0.5) is 8.78 Å². The molecule has 1 fully saturated rings. The zero-order valence-corrected chi connectivity index (χ0v) is 14.9. The maximum Gasteiger partial charge on any atom is 0.253 e. The van der Waals surface area contributed by atoms with Crippen LogP contribution in [0, 0.1) is 17.6 Å². The van der Waals surface area contributed by atoms with Crippen LogP contribution in [0.2, 0.25) is 0 Å². The van der Waals surface area contributed by atoms with Crippen LogP contribution in [0.5, 0.6) is 0 Å². The number of hydrogen-bond donors (Lipinski definition) is 0. The van der Waals surface area contributed by atoms with Crippen molar-refractivity contribution in [2.45, 2.75) is 19.3 Å². The van der Waals surface area contributed by atoms with Crippen LogP contribution < -0.4 is 0 Å². The van der Waals surface area contributed by atoms with Crippen molar-refractivity contribution in [3.8, 4) is 11.1 Å². The van der Waals surface area contributed by atoms with E-state index in [1.807, 2.05) is 4.90 Å². The Bertz CT molecular complexity index is 761. The number of carbonyl (C=O) groups is 1. The quantitative estimate of drug-likeness (QED) is 0.785. The lowest BCUT2D eigenvalue weighted by Crippen LogP contribution is -2.40. The minimum Gasteiger partial charge on any atom is -0.385 e. The number of carbonyl (C=O) groups excluding carboxylic acids is 1. The molecule has 1 aliphatic heterocycles. The number of benzene rings is 2. The molecule has 0 saturated carbocycles. The molecule has 2 aromatic carbocycles. The third-order valence-electron chi connectivity index (χ3n) is 4.93. The summed E-state index contributed by atoms with van der Waals surface area (Å²) in [4.78, 5) is 14.6. The molecule has 1 heterocycles. The van der Waals surface area contributed by atoms with E-state index in [-0.39, 0.29) is 11.5 Å². The molecule has 1 aliphatic rings. The molecule has 3 nitrogen and oxygen atoms in total. The van der Waals surface area contributed by atoms with Crippen molar-refractivity contribution in [1.29, 1.82) is 0 Å². The third kappa shape index (κ3) is 4.10. The summed E-state index contributed by atoms with van der Waals surface area (Å²) < 4.78 is 32.5. The van der Waals surface area contributed by atoms with Gasteiger partial charge >= 0.3 is 0 Å². The van der Waals surface area contributed by atoms with E-state index in [0.717, 1.165) is 38.4 Å². The molecule has 0 N–H and O–H groups in total. The summed E-state index contributed by atoms with van der Waals surface area (Å²) in [5, 5.41) is 0. The molecule has 0 bridgehead atoms. The first kappa shape index (κ1) is 18.5. The molecule has 5 heteroatoms. The second-order valence-electron chi connectivity index (χ2n) is 6.72. The number of nitrogens with zero attached hydrogens (tertiary/aromatic N) is 1. The fourth-order valence-corrected chi connectivity index (χ4v) is 3.47. The van der Waals surface area contributed by atoms with Gasteiger partial charge in [0.05, 0.1) is 0 Å². The first-order valence-electron chi connectivity index (χ1n) is 8.93. The first-order chi connectivity index (χ1) is 12.6. The Morgan fingerprint density at radius 1 is 1.19 bits per heavy atom. The van der Waals surface area contributed by atoms with E-state index in [9.17, 15) is 13.6 Å². The lowest BCUT2D eigenvalue weighted by Gasteiger charge is -2.32. The number of halogens is 2. The minimum absolute atomic E-state index is 0.0154. The number of likely N-dealkylation sites (tertiary alicyclic amines) is 1. The van der Waals surface area contributed by atoms with E-state index in [4.69, 9.17) is 4.74 Å². The van der Waals surface area contributed by atoms with Gasteiger partial charge in [-0.2, -0.15) is 0 Å². The number of methoxy groups -OCH3 is 1. The predicted molar refractivity (Wildman–Crippen MR) is 96.9 cm³/mol. The van der Waals surface area contributed by atoms with Crippen LogP contribution >= 0.6 is 0 Å². The Balaban J connectivity index is 1.72. The van der Waals surface area contributed by atoms with Crippen LogP contribution in [-0.4, -0.2) is 37.6 Å². The lowest BCUT2D eigenvalue weighted by molar-refractivity contribution is 0.0642. The summed E-state index contributed by atoms with van der Waals surface area (Å²) in [5.74, 6) is -1.30. The number of piperidine rings is 1. The zero-order chi connectivity index (χ0) is 18.5. The Hall–Kier alpha value is -2.27. The maximum absolute atomic E-state index is 13.9. The molecule has 0 spiro atoms. The highest BCUT2D eigenvalue weighted by molar-refractivity contribution is 5.94. The van der Waals surface area contributed by atoms with E-state index in [0.29, 0.717) is 23.7 Å². The van der Waals surface area contributed by atoms with Gasteiger partial charge in [-0.25, -0.2) is 8.78 Å². The predicted octanol–water partition coefficient (Wildman–Crippen LogP) is 4.52. The molecular weight excluding hydrogens is 336 g/mol. The molecule has 0 unspecified atom stereocenters. The Morgan fingerprint density at radius 3 is 2.69 bits per heavy atom. The highest BCUT2D eigenvalue weighted by Gasteiger charge is 2.24. The number of rotatable bonds is 5. The molecule has 0 radical (unpaired) electrons. The number of amides is 1. The smallest absolute Gasteiger partial charge is 0.253 e. The van der Waals surface area contributed by atoms with Gasteiger partial charge in [0.15, 0.2) is 11.6 Å². The van der Waals surface area contributed by atoms with Crippen molar-refractivity contribution in [2.24, 2.45) is 5.92 Å². The van der Waals surface area contributed by atoms with Gasteiger partial charge in [0, 0.05) is 37.9 Å². The normalized spacial score (nSPS) is 17.3. The molecule has 2 aromatic rings. The van der Waals surface area contributed by atoms with Crippen LogP contribution in [-0.2, 0) is 4.74 Å². The SMILES string of the molecule is COCC[C@@H]1CCCN(C(=O)c2ccc(-c3cccc(F)c3F)cc2)C1. The van der Waals surface area contributed by atoms with Gasteiger partial charge in [0.1, 0.15) is 0 Å². The summed E-state index contributed by atoms with van der Waals surface area (Å²) >= 11 is 0. The van der Waals surface area contributed by atoms with Crippen molar-refractivity contribution in [3.63, 3.8) is 0 Å². The summed E-state index contributed by atoms with van der Waals surface area (Å²) in [7, 11) is 1.69. The van der Waals surface area contributed by atoms with E-state index in [2.05, 4.69) is 0 Å². The standard InChI is InChI=1S/C21H23F2NO2/c1-26-13-11-15-4-3-12-24(14-15)21(25)17-9-7-16(8-10-17)18-5-2-6-19(22)20(18)23/h2,5-10,15H,3-4,11-14H2,1H3/t15-/m0/s1. The number of hydrogen-bond acceptors (Lipinski definition) is 2. The molecule has 1 saturated heterocycles. The van der Waals surface area contributed by atoms with Gasteiger partial charge in [-0.05, 0) is 48.9 Å². The zero-order valence-electron chi connectivity index (χ0n) is 14.9. The van der Waals surface area contributed by atoms with Crippen molar-refractivity contribution < 1.29 is 18.3 Å². The summed E-state index contributed by atoms with van der Waals surface area (Å²) in [6.45, 7) is 2.20. The summed E-state index contributed by atoms with van der Waals surface area (Å²) in [6.07, 6.45) is 3.07. The van der Waals surface area contributed by atoms with Gasteiger partial charge in [0.25, 0.3) is 5.91 Å². The van der Waals surface area contributed by atoms with Crippen molar-refractivity contribution in [1.82, 2.24) is 4.90 Å². The molecule has 1 amide bonds. The van der Waals surface area contributed by atoms with Crippen LogP contribution in [0.3, 0.4) is 0 Å². The van der Waals surface area contributed by atoms with Crippen molar-refractivity contribution in [2.75, 3.05) is 26.8 Å². The van der Waals surface area contributed by atoms with E-state index in [1.54, 1.807) is 31.4 Å². The second-order valence-corrected chi connectivity index (χ2v) is 6.72. The maximum atomic E-state index is 13.9. The molecule has 0 aliphatic carbocycles. The topological polar surface area (TPSA) is 29.5 Å². The van der Waals surface area contributed by atoms with Crippen LogP contribution in [0.25, 0.3) is 11.1 Å². The average molecular weight is 359 g/mol. The number of ether oxygens (including phenoxy) is 1. The molecule has 26 heavy (non-hydrogen) atoms. The van der Waals surface area contributed by atoms with Crippen molar-refractivity contribution in [3.05, 3.63) is 59.7 Å². The van der Waals surface area contributed by atoms with Gasteiger partial charge in [-0.1, -0.05) is 24.3 Å². The average Bonchev–Trinajstić information content (AvgIpc) is 2.68. The Kier molecular flexibility index (Phi) is 5.99. The second kappa shape index (κ2) is 8.41. The lowest BCUT2D eigenvalue weighted by atomic mass is 9.94. The Labute approximate surface area is 152 Å². The van der Waals surface area contributed by atoms with Gasteiger partial charge in [-0.15, -0.1) is 0 Å². The Morgan fingerprint density at radius 2 is 1.96 bits per heavy atom. The van der Waals surface area contributed by atoms with Gasteiger partial charge < -0.3 is 9.64 Å².